The molecule has 0 fully saturated rings. The molecule has 2 heterocycles. The van der Waals surface area contributed by atoms with Crippen molar-refractivity contribution < 1.29 is 9.47 Å². The molecule has 1 aliphatic heterocycles. The highest BCUT2D eigenvalue weighted by molar-refractivity contribution is 5.71. The summed E-state index contributed by atoms with van der Waals surface area (Å²) in [5, 5.41) is 3.31. The molecule has 0 atom stereocenters. The molecule has 6 heteroatoms. The van der Waals surface area contributed by atoms with Crippen molar-refractivity contribution in [2.45, 2.75) is 6.54 Å². The van der Waals surface area contributed by atoms with Crippen molar-refractivity contribution in [2.75, 3.05) is 32.6 Å². The zero-order valence-electron chi connectivity index (χ0n) is 15.5. The van der Waals surface area contributed by atoms with Gasteiger partial charge >= 0.3 is 0 Å². The smallest absolute Gasteiger partial charge is 0.170 e. The van der Waals surface area contributed by atoms with Gasteiger partial charge in [-0.3, -0.25) is 4.98 Å². The van der Waals surface area contributed by atoms with Gasteiger partial charge in [-0.1, -0.05) is 18.2 Å². The highest BCUT2D eigenvalue weighted by Crippen LogP contribution is 2.38. The topological polar surface area (TPSA) is 59.5 Å². The molecule has 0 amide bonds. The molecule has 0 saturated heterocycles. The molecule has 0 spiro atoms. The monoisotopic (exact) mass is 362 g/mol. The summed E-state index contributed by atoms with van der Waals surface area (Å²) in [7, 11) is 4.11. The van der Waals surface area contributed by atoms with E-state index >= 15 is 0 Å². The summed E-state index contributed by atoms with van der Waals surface area (Å²) in [6.07, 6.45) is 3.48. The predicted octanol–water partition coefficient (Wildman–Crippen LogP) is 3.72. The first-order valence-electron chi connectivity index (χ1n) is 8.91. The van der Waals surface area contributed by atoms with Gasteiger partial charge in [-0.05, 0) is 43.9 Å². The van der Waals surface area contributed by atoms with Crippen LogP contribution in [0.4, 0.5) is 11.5 Å². The Morgan fingerprint density at radius 3 is 2.67 bits per heavy atom. The van der Waals surface area contributed by atoms with Crippen molar-refractivity contribution >= 4 is 11.5 Å². The number of benzene rings is 2. The second-order valence-electron chi connectivity index (χ2n) is 6.68. The first kappa shape index (κ1) is 17.3. The van der Waals surface area contributed by atoms with Crippen LogP contribution in [0.5, 0.6) is 11.5 Å². The Morgan fingerprint density at radius 2 is 1.85 bits per heavy atom. The lowest BCUT2D eigenvalue weighted by Crippen LogP contribution is -2.16. The molecule has 0 unspecified atom stereocenters. The third kappa shape index (κ3) is 4.01. The van der Waals surface area contributed by atoms with Gasteiger partial charge in [0, 0.05) is 17.8 Å². The Labute approximate surface area is 158 Å². The van der Waals surface area contributed by atoms with Crippen LogP contribution in [-0.2, 0) is 6.54 Å². The van der Waals surface area contributed by atoms with Crippen molar-refractivity contribution in [3.05, 3.63) is 60.4 Å². The Hall–Kier alpha value is -3.12. The summed E-state index contributed by atoms with van der Waals surface area (Å²) in [5.41, 5.74) is 3.87. The standard InChI is InChI=1S/C21H22N4O2/c1-25(2)14-15-5-3-6-16(11-15)24-20-13-22-18(12-23-20)17-7-4-8-19-21(17)27-10-9-26-19/h3-8,11-13H,9-10,14H2,1-2H3,(H,23,24). The van der Waals surface area contributed by atoms with E-state index in [-0.39, 0.29) is 0 Å². The average molecular weight is 362 g/mol. The number of nitrogens with zero attached hydrogens (tertiary/aromatic N) is 3. The van der Waals surface area contributed by atoms with E-state index in [0.717, 1.165) is 35.0 Å². The first-order chi connectivity index (χ1) is 13.2. The number of rotatable bonds is 5. The second-order valence-corrected chi connectivity index (χ2v) is 6.68. The maximum Gasteiger partial charge on any atom is 0.170 e. The molecule has 3 aromatic rings. The molecule has 0 bridgehead atoms. The Balaban J connectivity index is 1.53. The largest absolute Gasteiger partial charge is 0.486 e. The van der Waals surface area contributed by atoms with E-state index in [1.54, 1.807) is 12.4 Å². The quantitative estimate of drug-likeness (QED) is 0.746. The van der Waals surface area contributed by atoms with Crippen LogP contribution in [0.1, 0.15) is 5.56 Å². The number of anilines is 2. The van der Waals surface area contributed by atoms with Gasteiger partial charge in [-0.25, -0.2) is 4.98 Å². The molecular weight excluding hydrogens is 340 g/mol. The Bertz CT molecular complexity index is 926. The summed E-state index contributed by atoms with van der Waals surface area (Å²) >= 11 is 0. The number of fused-ring (bicyclic) bond motifs is 1. The van der Waals surface area contributed by atoms with Gasteiger partial charge in [0.25, 0.3) is 0 Å². The summed E-state index contributed by atoms with van der Waals surface area (Å²) < 4.78 is 11.4. The van der Waals surface area contributed by atoms with E-state index in [0.29, 0.717) is 19.0 Å². The Kier molecular flexibility index (Phi) is 4.89. The number of ether oxygens (including phenoxy) is 2. The second kappa shape index (κ2) is 7.63. The normalized spacial score (nSPS) is 12.9. The Morgan fingerprint density at radius 1 is 1.00 bits per heavy atom. The number of hydrogen-bond acceptors (Lipinski definition) is 6. The van der Waals surface area contributed by atoms with Gasteiger partial charge in [-0.2, -0.15) is 0 Å². The molecule has 0 radical (unpaired) electrons. The van der Waals surface area contributed by atoms with E-state index in [9.17, 15) is 0 Å². The molecule has 6 nitrogen and oxygen atoms in total. The molecule has 4 rings (SSSR count). The van der Waals surface area contributed by atoms with Gasteiger partial charge in [0.1, 0.15) is 19.0 Å². The van der Waals surface area contributed by atoms with E-state index in [2.05, 4.69) is 46.4 Å². The zero-order chi connectivity index (χ0) is 18.6. The van der Waals surface area contributed by atoms with Crippen molar-refractivity contribution in [1.82, 2.24) is 14.9 Å². The van der Waals surface area contributed by atoms with E-state index in [4.69, 9.17) is 9.47 Å². The van der Waals surface area contributed by atoms with Crippen molar-refractivity contribution in [3.8, 4) is 22.8 Å². The number of nitrogens with one attached hydrogen (secondary N) is 1. The SMILES string of the molecule is CN(C)Cc1cccc(Nc2cnc(-c3cccc4c3OCCO4)cn2)c1. The molecule has 2 aromatic carbocycles. The van der Waals surface area contributed by atoms with Crippen molar-refractivity contribution in [3.63, 3.8) is 0 Å². The van der Waals surface area contributed by atoms with Crippen LogP contribution in [0.25, 0.3) is 11.3 Å². The van der Waals surface area contributed by atoms with E-state index in [1.165, 1.54) is 5.56 Å². The summed E-state index contributed by atoms with van der Waals surface area (Å²) in [5.74, 6) is 2.18. The lowest BCUT2D eigenvalue weighted by atomic mass is 10.1. The maximum atomic E-state index is 5.77. The fourth-order valence-corrected chi connectivity index (χ4v) is 3.07. The van der Waals surface area contributed by atoms with Crippen LogP contribution < -0.4 is 14.8 Å². The van der Waals surface area contributed by atoms with E-state index in [1.807, 2.05) is 30.3 Å². The van der Waals surface area contributed by atoms with Crippen LogP contribution >= 0.6 is 0 Å². The fourth-order valence-electron chi connectivity index (χ4n) is 3.07. The minimum absolute atomic E-state index is 0.542. The van der Waals surface area contributed by atoms with Gasteiger partial charge in [-0.15, -0.1) is 0 Å². The van der Waals surface area contributed by atoms with Gasteiger partial charge in [0.05, 0.1) is 18.1 Å². The first-order valence-corrected chi connectivity index (χ1v) is 8.91. The molecule has 27 heavy (non-hydrogen) atoms. The molecule has 1 aliphatic rings. The number of hydrogen-bond donors (Lipinski definition) is 1. The minimum Gasteiger partial charge on any atom is -0.486 e. The van der Waals surface area contributed by atoms with Crippen LogP contribution in [0, 0.1) is 0 Å². The minimum atomic E-state index is 0.542. The lowest BCUT2D eigenvalue weighted by molar-refractivity contribution is 0.172. The van der Waals surface area contributed by atoms with Crippen molar-refractivity contribution in [1.29, 1.82) is 0 Å². The summed E-state index contributed by atoms with van der Waals surface area (Å²) in [6.45, 7) is 2.00. The van der Waals surface area contributed by atoms with Crippen LogP contribution in [0.15, 0.2) is 54.9 Å². The van der Waals surface area contributed by atoms with E-state index < -0.39 is 0 Å². The van der Waals surface area contributed by atoms with Crippen LogP contribution in [-0.4, -0.2) is 42.2 Å². The molecular formula is C21H22N4O2. The van der Waals surface area contributed by atoms with Crippen LogP contribution in [0.3, 0.4) is 0 Å². The molecule has 0 saturated carbocycles. The van der Waals surface area contributed by atoms with Gasteiger partial charge < -0.3 is 19.7 Å². The highest BCUT2D eigenvalue weighted by Gasteiger charge is 2.17. The summed E-state index contributed by atoms with van der Waals surface area (Å²) in [4.78, 5) is 11.2. The lowest BCUT2D eigenvalue weighted by Gasteiger charge is -2.20. The third-order valence-electron chi connectivity index (χ3n) is 4.19. The third-order valence-corrected chi connectivity index (χ3v) is 4.19. The van der Waals surface area contributed by atoms with Crippen LogP contribution in [0.2, 0.25) is 0 Å². The molecule has 138 valence electrons. The van der Waals surface area contributed by atoms with Crippen molar-refractivity contribution in [2.24, 2.45) is 0 Å². The predicted molar refractivity (Wildman–Crippen MR) is 106 cm³/mol. The number of para-hydroxylation sites is 1. The van der Waals surface area contributed by atoms with Gasteiger partial charge in [0.2, 0.25) is 0 Å². The van der Waals surface area contributed by atoms with Gasteiger partial charge in [0.15, 0.2) is 11.5 Å². The zero-order valence-corrected chi connectivity index (χ0v) is 15.5. The summed E-state index contributed by atoms with van der Waals surface area (Å²) in [6, 6.07) is 14.1. The molecule has 1 aromatic heterocycles. The molecule has 1 N–H and O–H groups in total. The fraction of sp³-hybridized carbons (Fsp3) is 0.238. The highest BCUT2D eigenvalue weighted by atomic mass is 16.6. The maximum absolute atomic E-state index is 5.77. The average Bonchev–Trinajstić information content (AvgIpc) is 2.68. The molecule has 0 aliphatic carbocycles. The number of aromatic nitrogens is 2.